The van der Waals surface area contributed by atoms with Crippen LogP contribution in [-0.4, -0.2) is 31.3 Å². The largest absolute Gasteiger partial charge is 0.497 e. The van der Waals surface area contributed by atoms with Gasteiger partial charge >= 0.3 is 0 Å². The summed E-state index contributed by atoms with van der Waals surface area (Å²) in [5.41, 5.74) is 1.35. The van der Waals surface area contributed by atoms with Gasteiger partial charge in [-0.15, -0.1) is 11.8 Å². The van der Waals surface area contributed by atoms with Crippen molar-refractivity contribution in [2.45, 2.75) is 55.6 Å². The maximum Gasteiger partial charge on any atom is 0.237 e. The average molecular weight is 457 g/mol. The molecule has 0 radical (unpaired) electrons. The zero-order valence-electron chi connectivity index (χ0n) is 19.0. The molecule has 2 N–H and O–H groups in total. The Balaban J connectivity index is 1.65. The van der Waals surface area contributed by atoms with Crippen molar-refractivity contribution in [3.63, 3.8) is 0 Å². The quantitative estimate of drug-likeness (QED) is 0.471. The Labute approximate surface area is 194 Å². The number of hydrogen-bond acceptors (Lipinski definition) is 5. The SMILES string of the molecule is CCC(Sc1cccc(NC(=O)C2CCCCC2)c1)C(=O)Nc1cc(OC)ccc1OC. The molecule has 0 aliphatic heterocycles. The zero-order valence-corrected chi connectivity index (χ0v) is 19.8. The van der Waals surface area contributed by atoms with Crippen molar-refractivity contribution >= 4 is 35.0 Å². The molecule has 0 spiro atoms. The number of methoxy groups -OCH3 is 2. The highest BCUT2D eigenvalue weighted by Crippen LogP contribution is 2.32. The van der Waals surface area contributed by atoms with Gasteiger partial charge in [0.2, 0.25) is 11.8 Å². The summed E-state index contributed by atoms with van der Waals surface area (Å²) in [7, 11) is 3.15. The third-order valence-corrected chi connectivity index (χ3v) is 7.04. The Bertz CT molecular complexity index is 928. The number of hydrogen-bond donors (Lipinski definition) is 2. The van der Waals surface area contributed by atoms with E-state index in [1.807, 2.05) is 31.2 Å². The highest BCUT2D eigenvalue weighted by molar-refractivity contribution is 8.00. The number of rotatable bonds is 9. The lowest BCUT2D eigenvalue weighted by Crippen LogP contribution is -2.25. The minimum absolute atomic E-state index is 0.0988. The van der Waals surface area contributed by atoms with E-state index in [4.69, 9.17) is 9.47 Å². The van der Waals surface area contributed by atoms with Gasteiger partial charge in [0, 0.05) is 22.6 Å². The molecule has 2 aromatic carbocycles. The first-order valence-electron chi connectivity index (χ1n) is 11.1. The van der Waals surface area contributed by atoms with Crippen LogP contribution in [0.15, 0.2) is 47.4 Å². The molecule has 1 aliphatic carbocycles. The number of nitrogens with one attached hydrogen (secondary N) is 2. The molecule has 1 saturated carbocycles. The van der Waals surface area contributed by atoms with Crippen molar-refractivity contribution in [3.8, 4) is 11.5 Å². The molecule has 32 heavy (non-hydrogen) atoms. The van der Waals surface area contributed by atoms with Crippen LogP contribution in [-0.2, 0) is 9.59 Å². The second-order valence-corrected chi connectivity index (χ2v) is 9.20. The lowest BCUT2D eigenvalue weighted by atomic mass is 9.88. The standard InChI is InChI=1S/C25H32N2O4S/c1-4-23(25(29)27-21-16-19(30-2)13-14-22(21)31-3)32-20-12-8-11-18(15-20)26-24(28)17-9-6-5-7-10-17/h8,11-17,23H,4-7,9-10H2,1-3H3,(H,26,28)(H,27,29). The van der Waals surface area contributed by atoms with Gasteiger partial charge < -0.3 is 20.1 Å². The van der Waals surface area contributed by atoms with Crippen molar-refractivity contribution in [2.75, 3.05) is 24.9 Å². The van der Waals surface area contributed by atoms with Crippen LogP contribution in [0.5, 0.6) is 11.5 Å². The van der Waals surface area contributed by atoms with Crippen LogP contribution in [0.25, 0.3) is 0 Å². The minimum Gasteiger partial charge on any atom is -0.497 e. The number of ether oxygens (including phenoxy) is 2. The van der Waals surface area contributed by atoms with Crippen molar-refractivity contribution < 1.29 is 19.1 Å². The van der Waals surface area contributed by atoms with E-state index in [0.29, 0.717) is 23.6 Å². The Morgan fingerprint density at radius 3 is 2.50 bits per heavy atom. The minimum atomic E-state index is -0.296. The fourth-order valence-electron chi connectivity index (χ4n) is 3.87. The summed E-state index contributed by atoms with van der Waals surface area (Å²) in [4.78, 5) is 26.5. The third kappa shape index (κ3) is 6.42. The normalized spacial score (nSPS) is 15.0. The molecule has 2 aromatic rings. The Hall–Kier alpha value is -2.67. The molecule has 0 heterocycles. The zero-order chi connectivity index (χ0) is 22.9. The number of thioether (sulfide) groups is 1. The summed E-state index contributed by atoms with van der Waals surface area (Å²) in [6.45, 7) is 1.98. The van der Waals surface area contributed by atoms with Gasteiger partial charge in [0.05, 0.1) is 25.2 Å². The first-order valence-corrected chi connectivity index (χ1v) is 12.0. The Morgan fingerprint density at radius 1 is 1.03 bits per heavy atom. The van der Waals surface area contributed by atoms with Crippen molar-refractivity contribution in [1.82, 2.24) is 0 Å². The molecule has 7 heteroatoms. The van der Waals surface area contributed by atoms with Gasteiger partial charge in [0.15, 0.2) is 0 Å². The predicted molar refractivity (Wildman–Crippen MR) is 130 cm³/mol. The maximum absolute atomic E-state index is 13.0. The fourth-order valence-corrected chi connectivity index (χ4v) is 4.88. The molecule has 1 unspecified atom stereocenters. The summed E-state index contributed by atoms with van der Waals surface area (Å²) in [5, 5.41) is 5.72. The molecule has 1 atom stereocenters. The average Bonchev–Trinajstić information content (AvgIpc) is 2.83. The molecule has 0 saturated heterocycles. The van der Waals surface area contributed by atoms with Crippen LogP contribution in [0.2, 0.25) is 0 Å². The van der Waals surface area contributed by atoms with Crippen LogP contribution in [0.3, 0.4) is 0 Å². The highest BCUT2D eigenvalue weighted by atomic mass is 32.2. The molecule has 172 valence electrons. The van der Waals surface area contributed by atoms with E-state index in [9.17, 15) is 9.59 Å². The van der Waals surface area contributed by atoms with Crippen molar-refractivity contribution in [1.29, 1.82) is 0 Å². The van der Waals surface area contributed by atoms with Gasteiger partial charge in [-0.2, -0.15) is 0 Å². The molecule has 1 fully saturated rings. The van der Waals surface area contributed by atoms with E-state index in [0.717, 1.165) is 36.3 Å². The molecule has 2 amide bonds. The molecule has 1 aliphatic rings. The van der Waals surface area contributed by atoms with Crippen LogP contribution < -0.4 is 20.1 Å². The third-order valence-electron chi connectivity index (χ3n) is 5.68. The predicted octanol–water partition coefficient (Wildman–Crippen LogP) is 5.73. The highest BCUT2D eigenvalue weighted by Gasteiger charge is 2.22. The molecule has 6 nitrogen and oxygen atoms in total. The Kier molecular flexibility index (Phi) is 8.85. The van der Waals surface area contributed by atoms with Crippen molar-refractivity contribution in [2.24, 2.45) is 5.92 Å². The second-order valence-electron chi connectivity index (χ2n) is 7.92. The van der Waals surface area contributed by atoms with E-state index in [1.165, 1.54) is 18.2 Å². The smallest absolute Gasteiger partial charge is 0.237 e. The van der Waals surface area contributed by atoms with E-state index in [2.05, 4.69) is 10.6 Å². The summed E-state index contributed by atoms with van der Waals surface area (Å²) in [6.07, 6.45) is 6.05. The van der Waals surface area contributed by atoms with Crippen LogP contribution in [0, 0.1) is 5.92 Å². The summed E-state index contributed by atoms with van der Waals surface area (Å²) < 4.78 is 10.6. The molecule has 3 rings (SSSR count). The Morgan fingerprint density at radius 2 is 1.81 bits per heavy atom. The first kappa shape index (κ1) is 24.0. The summed E-state index contributed by atoms with van der Waals surface area (Å²) >= 11 is 1.48. The lowest BCUT2D eigenvalue weighted by Gasteiger charge is -2.21. The summed E-state index contributed by atoms with van der Waals surface area (Å²) in [6, 6.07) is 13.0. The van der Waals surface area contributed by atoms with Gasteiger partial charge in [0.25, 0.3) is 0 Å². The molecular weight excluding hydrogens is 424 g/mol. The first-order chi connectivity index (χ1) is 15.5. The van der Waals surface area contributed by atoms with E-state index in [-0.39, 0.29) is 23.0 Å². The van der Waals surface area contributed by atoms with E-state index in [1.54, 1.807) is 32.4 Å². The van der Waals surface area contributed by atoms with Crippen LogP contribution in [0.1, 0.15) is 45.4 Å². The maximum atomic E-state index is 13.0. The van der Waals surface area contributed by atoms with Gasteiger partial charge in [-0.1, -0.05) is 32.3 Å². The molecule has 0 bridgehead atoms. The van der Waals surface area contributed by atoms with Crippen LogP contribution in [0.4, 0.5) is 11.4 Å². The number of benzene rings is 2. The second kappa shape index (κ2) is 11.8. The molecular formula is C25H32N2O4S. The van der Waals surface area contributed by atoms with Gasteiger partial charge in [-0.3, -0.25) is 9.59 Å². The number of amides is 2. The van der Waals surface area contributed by atoms with Gasteiger partial charge in [-0.05, 0) is 49.6 Å². The summed E-state index contributed by atoms with van der Waals surface area (Å²) in [5.74, 6) is 1.31. The van der Waals surface area contributed by atoms with E-state index >= 15 is 0 Å². The van der Waals surface area contributed by atoms with Crippen LogP contribution >= 0.6 is 11.8 Å². The van der Waals surface area contributed by atoms with Gasteiger partial charge in [0.1, 0.15) is 11.5 Å². The monoisotopic (exact) mass is 456 g/mol. The van der Waals surface area contributed by atoms with E-state index < -0.39 is 0 Å². The van der Waals surface area contributed by atoms with Crippen molar-refractivity contribution in [3.05, 3.63) is 42.5 Å². The fraction of sp³-hybridized carbons (Fsp3) is 0.440. The molecule has 0 aromatic heterocycles. The van der Waals surface area contributed by atoms with Gasteiger partial charge in [-0.25, -0.2) is 0 Å². The number of anilines is 2. The number of carbonyl (C=O) groups is 2. The topological polar surface area (TPSA) is 76.7 Å². The lowest BCUT2D eigenvalue weighted by molar-refractivity contribution is -0.120. The number of carbonyl (C=O) groups excluding carboxylic acids is 2.